The summed E-state index contributed by atoms with van der Waals surface area (Å²) in [7, 11) is 0. The quantitative estimate of drug-likeness (QED) is 0.846. The van der Waals surface area contributed by atoms with Gasteiger partial charge in [-0.1, -0.05) is 26.0 Å². The minimum atomic E-state index is -0.600. The first-order valence-corrected chi connectivity index (χ1v) is 8.09. The van der Waals surface area contributed by atoms with Gasteiger partial charge in [0.15, 0.2) is 0 Å². The number of carbonyl (C=O) groups excluding carboxylic acids is 1. The molecular weight excluding hydrogens is 305 g/mol. The highest BCUT2D eigenvalue weighted by Gasteiger charge is 2.23. The Bertz CT molecular complexity index is 676. The third-order valence-electron chi connectivity index (χ3n) is 3.69. The predicted molar refractivity (Wildman–Crippen MR) is 93.7 cm³/mol. The van der Waals surface area contributed by atoms with Crippen LogP contribution in [0.4, 0.5) is 4.39 Å². The van der Waals surface area contributed by atoms with Crippen molar-refractivity contribution >= 4 is 5.91 Å². The van der Waals surface area contributed by atoms with Crippen molar-refractivity contribution in [3.8, 4) is 5.75 Å². The van der Waals surface area contributed by atoms with Gasteiger partial charge in [-0.05, 0) is 61.7 Å². The summed E-state index contributed by atoms with van der Waals surface area (Å²) >= 11 is 0. The summed E-state index contributed by atoms with van der Waals surface area (Å²) in [5.74, 6) is 0.722. The minimum Gasteiger partial charge on any atom is -0.493 e. The van der Waals surface area contributed by atoms with E-state index in [0.717, 1.165) is 11.3 Å². The van der Waals surface area contributed by atoms with E-state index >= 15 is 0 Å². The molecule has 0 spiro atoms. The maximum absolute atomic E-state index is 13.1. The summed E-state index contributed by atoms with van der Waals surface area (Å²) in [4.78, 5) is 12.5. The number of nitrogens with one attached hydrogen (secondary N) is 1. The monoisotopic (exact) mass is 329 g/mol. The molecule has 0 radical (unpaired) electrons. The van der Waals surface area contributed by atoms with Gasteiger partial charge in [0.1, 0.15) is 11.6 Å². The minimum absolute atomic E-state index is 0.181. The number of hydrogen-bond acceptors (Lipinski definition) is 2. The summed E-state index contributed by atoms with van der Waals surface area (Å²) in [6.07, 6.45) is 0. The molecule has 0 atom stereocenters. The van der Waals surface area contributed by atoms with Gasteiger partial charge in [-0.25, -0.2) is 4.39 Å². The summed E-state index contributed by atoms with van der Waals surface area (Å²) in [5, 5.41) is 2.98. The molecule has 0 fully saturated rings. The van der Waals surface area contributed by atoms with Crippen LogP contribution < -0.4 is 10.1 Å². The van der Waals surface area contributed by atoms with Crippen LogP contribution in [0.25, 0.3) is 0 Å². The highest BCUT2D eigenvalue weighted by atomic mass is 19.1. The number of halogens is 1. The number of carbonyl (C=O) groups is 1. The van der Waals surface area contributed by atoms with Crippen molar-refractivity contribution in [2.45, 2.75) is 33.2 Å². The fourth-order valence-electron chi connectivity index (χ4n) is 2.26. The first-order chi connectivity index (χ1) is 11.3. The Morgan fingerprint density at radius 1 is 1.08 bits per heavy atom. The molecule has 0 aromatic heterocycles. The highest BCUT2D eigenvalue weighted by molar-refractivity contribution is 5.94. The molecule has 0 aliphatic rings. The summed E-state index contributed by atoms with van der Waals surface area (Å²) < 4.78 is 18.7. The van der Waals surface area contributed by atoms with E-state index in [4.69, 9.17) is 4.74 Å². The molecule has 0 bridgehead atoms. The lowest BCUT2D eigenvalue weighted by Crippen LogP contribution is -2.40. The molecule has 4 heteroatoms. The number of amides is 1. The Kier molecular flexibility index (Phi) is 5.60. The first-order valence-electron chi connectivity index (χ1n) is 8.09. The third kappa shape index (κ3) is 4.82. The second kappa shape index (κ2) is 7.47. The van der Waals surface area contributed by atoms with E-state index in [2.05, 4.69) is 19.2 Å². The molecule has 0 saturated heterocycles. The number of benzene rings is 2. The van der Waals surface area contributed by atoms with Crippen molar-refractivity contribution in [2.75, 3.05) is 6.61 Å². The third-order valence-corrected chi connectivity index (χ3v) is 3.69. The van der Waals surface area contributed by atoms with Crippen molar-refractivity contribution in [2.24, 2.45) is 5.92 Å². The fraction of sp³-hybridized carbons (Fsp3) is 0.350. The van der Waals surface area contributed by atoms with Crippen LogP contribution in [0.1, 0.15) is 43.6 Å². The molecule has 1 N–H and O–H groups in total. The molecule has 0 saturated carbocycles. The van der Waals surface area contributed by atoms with E-state index in [9.17, 15) is 9.18 Å². The number of rotatable bonds is 6. The van der Waals surface area contributed by atoms with E-state index in [1.807, 2.05) is 13.8 Å². The molecule has 3 nitrogen and oxygen atoms in total. The van der Waals surface area contributed by atoms with Crippen molar-refractivity contribution in [3.63, 3.8) is 0 Å². The van der Waals surface area contributed by atoms with Gasteiger partial charge >= 0.3 is 0 Å². The Hall–Kier alpha value is -2.36. The van der Waals surface area contributed by atoms with Gasteiger partial charge < -0.3 is 10.1 Å². The zero-order valence-electron chi connectivity index (χ0n) is 14.6. The molecule has 24 heavy (non-hydrogen) atoms. The van der Waals surface area contributed by atoms with Gasteiger partial charge in [0.25, 0.3) is 5.91 Å². The van der Waals surface area contributed by atoms with Crippen LogP contribution in [0, 0.1) is 11.7 Å². The van der Waals surface area contributed by atoms with E-state index in [1.54, 1.807) is 36.4 Å². The van der Waals surface area contributed by atoms with Crippen LogP contribution in [-0.2, 0) is 5.54 Å². The fourth-order valence-corrected chi connectivity index (χ4v) is 2.26. The maximum Gasteiger partial charge on any atom is 0.251 e. The predicted octanol–water partition coefficient (Wildman–Crippen LogP) is 4.53. The molecule has 128 valence electrons. The normalized spacial score (nSPS) is 11.4. The van der Waals surface area contributed by atoms with Crippen LogP contribution in [0.15, 0.2) is 48.5 Å². The van der Waals surface area contributed by atoms with Gasteiger partial charge in [-0.15, -0.1) is 0 Å². The number of hydrogen-bond donors (Lipinski definition) is 1. The van der Waals surface area contributed by atoms with Crippen LogP contribution in [0.5, 0.6) is 5.75 Å². The smallest absolute Gasteiger partial charge is 0.251 e. The first kappa shape index (κ1) is 18.0. The topological polar surface area (TPSA) is 38.3 Å². The average Bonchev–Trinajstić information content (AvgIpc) is 2.53. The van der Waals surface area contributed by atoms with Crippen molar-refractivity contribution in [1.82, 2.24) is 5.32 Å². The van der Waals surface area contributed by atoms with Gasteiger partial charge in [0.05, 0.1) is 12.1 Å². The molecule has 1 amide bonds. The molecule has 0 aliphatic carbocycles. The van der Waals surface area contributed by atoms with Crippen molar-refractivity contribution in [1.29, 1.82) is 0 Å². The Balaban J connectivity index is 2.04. The summed E-state index contributed by atoms with van der Waals surface area (Å²) in [6, 6.07) is 13.2. The molecule has 0 heterocycles. The molecule has 0 unspecified atom stereocenters. The summed E-state index contributed by atoms with van der Waals surface area (Å²) in [6.45, 7) is 8.58. The van der Waals surface area contributed by atoms with E-state index in [-0.39, 0.29) is 11.7 Å². The molecule has 2 aromatic rings. The lowest BCUT2D eigenvalue weighted by molar-refractivity contribution is 0.0912. The van der Waals surface area contributed by atoms with Gasteiger partial charge in [-0.3, -0.25) is 4.79 Å². The standard InChI is InChI=1S/C20H24FNO2/c1-14(2)13-24-18-11-5-15(6-12-18)19(23)22-20(3,4)16-7-9-17(21)10-8-16/h5-12,14H,13H2,1-4H3,(H,22,23). The van der Waals surface area contributed by atoms with Crippen LogP contribution in [0.3, 0.4) is 0 Å². The van der Waals surface area contributed by atoms with Gasteiger partial charge in [0, 0.05) is 5.56 Å². The van der Waals surface area contributed by atoms with Crippen LogP contribution in [0.2, 0.25) is 0 Å². The second-order valence-electron chi connectivity index (χ2n) is 6.82. The molecule has 0 aliphatic heterocycles. The van der Waals surface area contributed by atoms with Crippen LogP contribution >= 0.6 is 0 Å². The van der Waals surface area contributed by atoms with Gasteiger partial charge in [0.2, 0.25) is 0 Å². The molecule has 2 rings (SSSR count). The van der Waals surface area contributed by atoms with E-state index in [0.29, 0.717) is 18.1 Å². The van der Waals surface area contributed by atoms with E-state index < -0.39 is 5.54 Å². The molecule has 2 aromatic carbocycles. The van der Waals surface area contributed by atoms with E-state index in [1.165, 1.54) is 12.1 Å². The Labute approximate surface area is 142 Å². The highest BCUT2D eigenvalue weighted by Crippen LogP contribution is 2.21. The Morgan fingerprint density at radius 2 is 1.67 bits per heavy atom. The molecular formula is C20H24FNO2. The largest absolute Gasteiger partial charge is 0.493 e. The van der Waals surface area contributed by atoms with Crippen molar-refractivity contribution in [3.05, 3.63) is 65.5 Å². The zero-order valence-corrected chi connectivity index (χ0v) is 14.6. The zero-order chi connectivity index (χ0) is 17.7. The average molecular weight is 329 g/mol. The van der Waals surface area contributed by atoms with Crippen LogP contribution in [-0.4, -0.2) is 12.5 Å². The van der Waals surface area contributed by atoms with Crippen molar-refractivity contribution < 1.29 is 13.9 Å². The SMILES string of the molecule is CC(C)COc1ccc(C(=O)NC(C)(C)c2ccc(F)cc2)cc1. The maximum atomic E-state index is 13.1. The lowest BCUT2D eigenvalue weighted by Gasteiger charge is -2.27. The summed E-state index contributed by atoms with van der Waals surface area (Å²) in [5.41, 5.74) is 0.800. The Morgan fingerprint density at radius 3 is 2.21 bits per heavy atom. The number of ether oxygens (including phenoxy) is 1. The second-order valence-corrected chi connectivity index (χ2v) is 6.82. The van der Waals surface area contributed by atoms with Gasteiger partial charge in [-0.2, -0.15) is 0 Å². The lowest BCUT2D eigenvalue weighted by atomic mass is 9.94.